The highest BCUT2D eigenvalue weighted by molar-refractivity contribution is 7.47. The fourth-order valence-corrected chi connectivity index (χ4v) is 2.42. The van der Waals surface area contributed by atoms with E-state index in [2.05, 4.69) is 19.7 Å². The number of phosphoric ester groups is 1. The average molecular weight is 442 g/mol. The van der Waals surface area contributed by atoms with Crippen molar-refractivity contribution in [3.63, 3.8) is 0 Å². The molecule has 1 atom stereocenters. The zero-order valence-electron chi connectivity index (χ0n) is 17.4. The predicted octanol–water partition coefficient (Wildman–Crippen LogP) is 0.612. The lowest BCUT2D eigenvalue weighted by Gasteiger charge is -2.09. The summed E-state index contributed by atoms with van der Waals surface area (Å²) in [6.07, 6.45) is 3.02. The van der Waals surface area contributed by atoms with Gasteiger partial charge in [0.05, 0.1) is 46.2 Å². The Labute approximate surface area is 172 Å². The first-order valence-corrected chi connectivity index (χ1v) is 11.1. The highest BCUT2D eigenvalue weighted by atomic mass is 31.2. The van der Waals surface area contributed by atoms with Gasteiger partial charge in [-0.05, 0) is 12.8 Å². The first-order chi connectivity index (χ1) is 13.9. The Bertz CT molecular complexity index is 480. The van der Waals surface area contributed by atoms with E-state index in [0.29, 0.717) is 52.5 Å². The molecule has 0 saturated carbocycles. The zero-order valence-corrected chi connectivity index (χ0v) is 18.2. The minimum atomic E-state index is -3.94. The van der Waals surface area contributed by atoms with Crippen molar-refractivity contribution in [1.82, 2.24) is 10.6 Å². The predicted molar refractivity (Wildman–Crippen MR) is 105 cm³/mol. The molecule has 172 valence electrons. The molecule has 2 amide bonds. The fraction of sp³-hybridized carbons (Fsp3) is 0.882. The van der Waals surface area contributed by atoms with Crippen molar-refractivity contribution in [2.75, 3.05) is 66.4 Å². The molecule has 0 aromatic heterocycles. The summed E-state index contributed by atoms with van der Waals surface area (Å²) in [5.41, 5.74) is 0. The van der Waals surface area contributed by atoms with Crippen LogP contribution in [0.1, 0.15) is 32.6 Å². The van der Waals surface area contributed by atoms with Crippen LogP contribution in [0, 0.1) is 0 Å². The number of rotatable bonds is 20. The Hall–Kier alpha value is -1.07. The summed E-state index contributed by atoms with van der Waals surface area (Å²) in [4.78, 5) is 31.3. The maximum absolute atomic E-state index is 11.6. The molecule has 0 aliphatic rings. The number of ether oxygens (including phenoxy) is 3. The van der Waals surface area contributed by atoms with Crippen molar-refractivity contribution >= 4 is 19.6 Å². The van der Waals surface area contributed by atoms with Gasteiger partial charge in [-0.2, -0.15) is 0 Å². The monoisotopic (exact) mass is 442 g/mol. The molecular formula is C17H35N2O9P. The molecule has 3 N–H and O–H groups in total. The molecule has 0 saturated heterocycles. The van der Waals surface area contributed by atoms with Crippen LogP contribution in [0.15, 0.2) is 0 Å². The van der Waals surface area contributed by atoms with Gasteiger partial charge in [-0.3, -0.25) is 18.6 Å². The SMILES string of the molecule is COP(=O)(O)OCCOCCOCCOCCNC(=O)CCCCCNC(C)=O. The molecule has 0 rings (SSSR count). The zero-order chi connectivity index (χ0) is 21.8. The van der Waals surface area contributed by atoms with Gasteiger partial charge in [-0.1, -0.05) is 6.42 Å². The molecule has 0 aromatic rings. The van der Waals surface area contributed by atoms with Crippen LogP contribution in [-0.4, -0.2) is 83.2 Å². The van der Waals surface area contributed by atoms with Crippen molar-refractivity contribution in [1.29, 1.82) is 0 Å². The molecule has 1 unspecified atom stereocenters. The Morgan fingerprint density at radius 3 is 2.00 bits per heavy atom. The summed E-state index contributed by atoms with van der Waals surface area (Å²) in [6, 6.07) is 0. The molecule has 0 aliphatic heterocycles. The highest BCUT2D eigenvalue weighted by Gasteiger charge is 2.17. The summed E-state index contributed by atoms with van der Waals surface area (Å²) in [6.45, 7) is 4.59. The van der Waals surface area contributed by atoms with Crippen molar-refractivity contribution in [2.24, 2.45) is 0 Å². The average Bonchev–Trinajstić information content (AvgIpc) is 2.67. The van der Waals surface area contributed by atoms with Gasteiger partial charge in [-0.15, -0.1) is 0 Å². The van der Waals surface area contributed by atoms with Gasteiger partial charge >= 0.3 is 7.82 Å². The van der Waals surface area contributed by atoms with Crippen LogP contribution in [-0.2, 0) is 37.4 Å². The summed E-state index contributed by atoms with van der Waals surface area (Å²) in [5.74, 6) is -0.0410. The molecule has 12 heteroatoms. The Balaban J connectivity index is 3.24. The first-order valence-electron chi connectivity index (χ1n) is 9.65. The number of carbonyl (C=O) groups is 2. The van der Waals surface area contributed by atoms with Crippen molar-refractivity contribution in [2.45, 2.75) is 32.6 Å². The molecule has 0 spiro atoms. The minimum absolute atomic E-state index is 0.00597. The summed E-state index contributed by atoms with van der Waals surface area (Å²) in [7, 11) is -2.85. The van der Waals surface area contributed by atoms with E-state index < -0.39 is 7.82 Å². The molecule has 11 nitrogen and oxygen atoms in total. The molecule has 0 bridgehead atoms. The number of amides is 2. The Kier molecular flexibility index (Phi) is 18.2. The van der Waals surface area contributed by atoms with Crippen LogP contribution in [0.2, 0.25) is 0 Å². The number of hydrogen-bond donors (Lipinski definition) is 3. The number of nitrogens with one attached hydrogen (secondary N) is 2. The van der Waals surface area contributed by atoms with E-state index in [-0.39, 0.29) is 25.0 Å². The van der Waals surface area contributed by atoms with E-state index >= 15 is 0 Å². The third-order valence-corrected chi connectivity index (χ3v) is 4.45. The van der Waals surface area contributed by atoms with Gasteiger partial charge in [0.2, 0.25) is 11.8 Å². The van der Waals surface area contributed by atoms with Crippen molar-refractivity contribution in [3.8, 4) is 0 Å². The molecule has 0 fully saturated rings. The number of hydrogen-bond acceptors (Lipinski definition) is 8. The summed E-state index contributed by atoms with van der Waals surface area (Å²) >= 11 is 0. The smallest absolute Gasteiger partial charge is 0.377 e. The topological polar surface area (TPSA) is 142 Å². The van der Waals surface area contributed by atoms with Crippen LogP contribution in [0.4, 0.5) is 0 Å². The highest BCUT2D eigenvalue weighted by Crippen LogP contribution is 2.41. The van der Waals surface area contributed by atoms with Crippen LogP contribution < -0.4 is 10.6 Å². The third kappa shape index (κ3) is 21.5. The molecule has 29 heavy (non-hydrogen) atoms. The fourth-order valence-electron chi connectivity index (χ4n) is 2.01. The van der Waals surface area contributed by atoms with E-state index in [1.165, 1.54) is 6.92 Å². The molecule has 0 aliphatic carbocycles. The van der Waals surface area contributed by atoms with Crippen molar-refractivity contribution in [3.05, 3.63) is 0 Å². The Morgan fingerprint density at radius 1 is 0.828 bits per heavy atom. The van der Waals surface area contributed by atoms with Gasteiger partial charge in [-0.25, -0.2) is 4.57 Å². The minimum Gasteiger partial charge on any atom is -0.377 e. The molecular weight excluding hydrogens is 407 g/mol. The summed E-state index contributed by atoms with van der Waals surface area (Å²) < 4.78 is 35.6. The lowest BCUT2D eigenvalue weighted by molar-refractivity contribution is -0.121. The van der Waals surface area contributed by atoms with Gasteiger partial charge in [0.15, 0.2) is 0 Å². The number of carbonyl (C=O) groups excluding carboxylic acids is 2. The van der Waals surface area contributed by atoms with Crippen LogP contribution >= 0.6 is 7.82 Å². The number of unbranched alkanes of at least 4 members (excludes halogenated alkanes) is 2. The summed E-state index contributed by atoms with van der Waals surface area (Å²) in [5, 5.41) is 5.50. The van der Waals surface area contributed by atoms with Gasteiger partial charge < -0.3 is 29.7 Å². The Morgan fingerprint density at radius 2 is 1.41 bits per heavy atom. The second-order valence-electron chi connectivity index (χ2n) is 5.97. The van der Waals surface area contributed by atoms with Crippen LogP contribution in [0.3, 0.4) is 0 Å². The van der Waals surface area contributed by atoms with Gasteiger partial charge in [0, 0.05) is 33.5 Å². The van der Waals surface area contributed by atoms with E-state index in [0.717, 1.165) is 26.4 Å². The first kappa shape index (κ1) is 27.9. The second kappa shape index (κ2) is 18.9. The molecule has 0 heterocycles. The van der Waals surface area contributed by atoms with Crippen LogP contribution in [0.25, 0.3) is 0 Å². The second-order valence-corrected chi connectivity index (χ2v) is 7.53. The normalized spacial score (nSPS) is 13.1. The quantitative estimate of drug-likeness (QED) is 0.183. The van der Waals surface area contributed by atoms with Crippen LogP contribution in [0.5, 0.6) is 0 Å². The maximum Gasteiger partial charge on any atom is 0.471 e. The van der Waals surface area contributed by atoms with Gasteiger partial charge in [0.25, 0.3) is 0 Å². The number of phosphoric acid groups is 1. The van der Waals surface area contributed by atoms with Gasteiger partial charge in [0.1, 0.15) is 0 Å². The largest absolute Gasteiger partial charge is 0.471 e. The molecule has 0 aromatic carbocycles. The third-order valence-electron chi connectivity index (χ3n) is 3.48. The lowest BCUT2D eigenvalue weighted by Crippen LogP contribution is -2.27. The van der Waals surface area contributed by atoms with E-state index in [9.17, 15) is 14.2 Å². The van der Waals surface area contributed by atoms with Crippen molar-refractivity contribution < 1.29 is 42.3 Å². The maximum atomic E-state index is 11.6. The molecule has 0 radical (unpaired) electrons. The van der Waals surface area contributed by atoms with E-state index in [4.69, 9.17) is 19.1 Å². The van der Waals surface area contributed by atoms with E-state index in [1.807, 2.05) is 0 Å². The standard InChI is InChI=1S/C17H35N2O9P/c1-16(20)18-7-5-3-4-6-17(21)19-8-9-25-10-11-26-12-13-27-14-15-28-29(22,23)24-2/h3-15H2,1-2H3,(H,18,20)(H,19,21)(H,22,23). The van der Waals surface area contributed by atoms with E-state index in [1.54, 1.807) is 0 Å². The lowest BCUT2D eigenvalue weighted by atomic mass is 10.2.